The van der Waals surface area contributed by atoms with E-state index in [0.29, 0.717) is 24.3 Å². The standard InChI is InChI=1S/C15H20O5S/c1-10-7-13(15(16)17)8-14(11(10)2)21(18,19)9-12-3-5-20-6-4-12/h7-8,12H,3-6,9H2,1-2H3,(H,16,17). The molecule has 1 fully saturated rings. The van der Waals surface area contributed by atoms with Crippen LogP contribution in [0.4, 0.5) is 0 Å². The van der Waals surface area contributed by atoms with Gasteiger partial charge in [0, 0.05) is 13.2 Å². The van der Waals surface area contributed by atoms with Crippen molar-refractivity contribution in [3.63, 3.8) is 0 Å². The molecule has 1 saturated heterocycles. The Hall–Kier alpha value is -1.40. The van der Waals surface area contributed by atoms with E-state index in [2.05, 4.69) is 0 Å². The van der Waals surface area contributed by atoms with Crippen molar-refractivity contribution in [2.24, 2.45) is 5.92 Å². The lowest BCUT2D eigenvalue weighted by molar-refractivity contribution is 0.0696. The van der Waals surface area contributed by atoms with Crippen LogP contribution in [0.2, 0.25) is 0 Å². The molecule has 6 heteroatoms. The average Bonchev–Trinajstić information content (AvgIpc) is 2.41. The molecule has 0 bridgehead atoms. The molecule has 0 radical (unpaired) electrons. The monoisotopic (exact) mass is 312 g/mol. The Morgan fingerprint density at radius 1 is 1.29 bits per heavy atom. The number of ether oxygens (including phenoxy) is 1. The summed E-state index contributed by atoms with van der Waals surface area (Å²) in [5.74, 6) is -0.975. The lowest BCUT2D eigenvalue weighted by atomic mass is 10.0. The van der Waals surface area contributed by atoms with Gasteiger partial charge in [0.1, 0.15) is 0 Å². The summed E-state index contributed by atoms with van der Waals surface area (Å²) in [5, 5.41) is 9.10. The number of aryl methyl sites for hydroxylation is 1. The minimum Gasteiger partial charge on any atom is -0.478 e. The first-order valence-electron chi connectivity index (χ1n) is 6.96. The van der Waals surface area contributed by atoms with Gasteiger partial charge in [-0.05, 0) is 55.9 Å². The van der Waals surface area contributed by atoms with Crippen LogP contribution in [0.15, 0.2) is 17.0 Å². The molecule has 0 aliphatic carbocycles. The predicted molar refractivity (Wildman–Crippen MR) is 78.5 cm³/mol. The number of rotatable bonds is 4. The maximum absolute atomic E-state index is 12.6. The number of aromatic carboxylic acids is 1. The summed E-state index contributed by atoms with van der Waals surface area (Å²) in [6.07, 6.45) is 1.46. The van der Waals surface area contributed by atoms with E-state index in [1.54, 1.807) is 13.8 Å². The molecule has 1 aliphatic rings. The molecule has 1 aromatic carbocycles. The Morgan fingerprint density at radius 3 is 2.48 bits per heavy atom. The summed E-state index contributed by atoms with van der Waals surface area (Å²) in [7, 11) is -3.49. The van der Waals surface area contributed by atoms with Gasteiger partial charge in [0.25, 0.3) is 0 Å². The second-order valence-corrected chi connectivity index (χ2v) is 7.56. The van der Waals surface area contributed by atoms with Crippen LogP contribution in [-0.2, 0) is 14.6 Å². The van der Waals surface area contributed by atoms with Crippen molar-refractivity contribution in [3.8, 4) is 0 Å². The zero-order valence-electron chi connectivity index (χ0n) is 12.3. The molecular weight excluding hydrogens is 292 g/mol. The molecule has 0 spiro atoms. The number of carboxylic acids is 1. The molecule has 21 heavy (non-hydrogen) atoms. The highest BCUT2D eigenvalue weighted by Crippen LogP contribution is 2.26. The molecule has 116 valence electrons. The van der Waals surface area contributed by atoms with Crippen molar-refractivity contribution in [1.82, 2.24) is 0 Å². The molecule has 5 nitrogen and oxygen atoms in total. The normalized spacial score (nSPS) is 16.9. The van der Waals surface area contributed by atoms with E-state index in [4.69, 9.17) is 9.84 Å². The fourth-order valence-corrected chi connectivity index (χ4v) is 4.65. The van der Waals surface area contributed by atoms with Crippen LogP contribution in [0.1, 0.15) is 34.3 Å². The maximum atomic E-state index is 12.6. The van der Waals surface area contributed by atoms with E-state index in [9.17, 15) is 13.2 Å². The zero-order valence-corrected chi connectivity index (χ0v) is 13.1. The van der Waals surface area contributed by atoms with Gasteiger partial charge in [-0.1, -0.05) is 0 Å². The second kappa shape index (κ2) is 6.15. The third-order valence-electron chi connectivity index (χ3n) is 4.00. The summed E-state index contributed by atoms with van der Waals surface area (Å²) in [6, 6.07) is 2.78. The van der Waals surface area contributed by atoms with E-state index < -0.39 is 15.8 Å². The number of benzene rings is 1. The first kappa shape index (κ1) is 16.0. The third kappa shape index (κ3) is 3.63. The van der Waals surface area contributed by atoms with Crippen LogP contribution in [0.3, 0.4) is 0 Å². The highest BCUT2D eigenvalue weighted by Gasteiger charge is 2.26. The smallest absolute Gasteiger partial charge is 0.335 e. The fraction of sp³-hybridized carbons (Fsp3) is 0.533. The van der Waals surface area contributed by atoms with E-state index in [1.807, 2.05) is 0 Å². The van der Waals surface area contributed by atoms with Crippen LogP contribution in [0.5, 0.6) is 0 Å². The van der Waals surface area contributed by atoms with Gasteiger partial charge in [-0.2, -0.15) is 0 Å². The van der Waals surface area contributed by atoms with Gasteiger partial charge in [0.2, 0.25) is 0 Å². The Bertz CT molecular complexity index is 642. The summed E-state index contributed by atoms with van der Waals surface area (Å²) in [5.41, 5.74) is 1.33. The largest absolute Gasteiger partial charge is 0.478 e. The van der Waals surface area contributed by atoms with Gasteiger partial charge in [-0.15, -0.1) is 0 Å². The second-order valence-electron chi connectivity index (χ2n) is 5.56. The van der Waals surface area contributed by atoms with Crippen molar-refractivity contribution in [1.29, 1.82) is 0 Å². The Labute approximate surface area is 124 Å². The fourth-order valence-electron chi connectivity index (χ4n) is 2.59. The summed E-state index contributed by atoms with van der Waals surface area (Å²) in [6.45, 7) is 4.63. The molecule has 2 rings (SSSR count). The number of hydrogen-bond acceptors (Lipinski definition) is 4. The summed E-state index contributed by atoms with van der Waals surface area (Å²) in [4.78, 5) is 11.3. The maximum Gasteiger partial charge on any atom is 0.335 e. The van der Waals surface area contributed by atoms with Crippen molar-refractivity contribution >= 4 is 15.8 Å². The number of hydrogen-bond donors (Lipinski definition) is 1. The number of sulfone groups is 1. The molecule has 1 aromatic rings. The summed E-state index contributed by atoms with van der Waals surface area (Å²) >= 11 is 0. The van der Waals surface area contributed by atoms with Gasteiger partial charge >= 0.3 is 5.97 Å². The Morgan fingerprint density at radius 2 is 1.90 bits per heavy atom. The van der Waals surface area contributed by atoms with Gasteiger partial charge in [-0.25, -0.2) is 13.2 Å². The lowest BCUT2D eigenvalue weighted by Crippen LogP contribution is -2.24. The van der Waals surface area contributed by atoms with Gasteiger partial charge in [0.15, 0.2) is 9.84 Å². The quantitative estimate of drug-likeness (QED) is 0.922. The van der Waals surface area contributed by atoms with Crippen LogP contribution in [-0.4, -0.2) is 38.5 Å². The highest BCUT2D eigenvalue weighted by molar-refractivity contribution is 7.91. The summed E-state index contributed by atoms with van der Waals surface area (Å²) < 4.78 is 30.5. The van der Waals surface area contributed by atoms with Crippen LogP contribution in [0.25, 0.3) is 0 Å². The van der Waals surface area contributed by atoms with E-state index >= 15 is 0 Å². The number of carbonyl (C=O) groups is 1. The van der Waals surface area contributed by atoms with E-state index in [1.165, 1.54) is 12.1 Å². The molecule has 0 amide bonds. The van der Waals surface area contributed by atoms with Crippen LogP contribution >= 0.6 is 0 Å². The predicted octanol–water partition coefficient (Wildman–Crippen LogP) is 2.20. The molecule has 0 atom stereocenters. The van der Waals surface area contributed by atoms with Crippen molar-refractivity contribution in [2.75, 3.05) is 19.0 Å². The van der Waals surface area contributed by atoms with Crippen LogP contribution in [0, 0.1) is 19.8 Å². The van der Waals surface area contributed by atoms with Crippen molar-refractivity contribution < 1.29 is 23.1 Å². The molecule has 1 N–H and O–H groups in total. The zero-order chi connectivity index (χ0) is 15.6. The molecule has 1 heterocycles. The average molecular weight is 312 g/mol. The topological polar surface area (TPSA) is 80.7 Å². The third-order valence-corrected chi connectivity index (χ3v) is 6.00. The minimum atomic E-state index is -3.49. The molecular formula is C15H20O5S. The lowest BCUT2D eigenvalue weighted by Gasteiger charge is -2.22. The first-order chi connectivity index (χ1) is 9.81. The van der Waals surface area contributed by atoms with Crippen LogP contribution < -0.4 is 0 Å². The Kier molecular flexibility index (Phi) is 4.68. The minimum absolute atomic E-state index is 0.0173. The van der Waals surface area contributed by atoms with E-state index in [-0.39, 0.29) is 22.1 Å². The van der Waals surface area contributed by atoms with E-state index in [0.717, 1.165) is 12.8 Å². The molecule has 0 saturated carbocycles. The van der Waals surface area contributed by atoms with Gasteiger partial charge in [0.05, 0.1) is 16.2 Å². The molecule has 1 aliphatic heterocycles. The number of carboxylic acid groups (broad SMARTS) is 1. The highest BCUT2D eigenvalue weighted by atomic mass is 32.2. The molecule has 0 unspecified atom stereocenters. The van der Waals surface area contributed by atoms with Crippen molar-refractivity contribution in [2.45, 2.75) is 31.6 Å². The molecule has 0 aromatic heterocycles. The SMILES string of the molecule is Cc1cc(C(=O)O)cc(S(=O)(=O)CC2CCOCC2)c1C. The Balaban J connectivity index is 2.36. The van der Waals surface area contributed by atoms with Crippen molar-refractivity contribution in [3.05, 3.63) is 28.8 Å². The van der Waals surface area contributed by atoms with Gasteiger partial charge < -0.3 is 9.84 Å². The first-order valence-corrected chi connectivity index (χ1v) is 8.61. The van der Waals surface area contributed by atoms with Gasteiger partial charge in [-0.3, -0.25) is 0 Å².